The van der Waals surface area contributed by atoms with Gasteiger partial charge in [-0.25, -0.2) is 31.0 Å². The Labute approximate surface area is 484 Å². The van der Waals surface area contributed by atoms with Gasteiger partial charge in [-0.2, -0.15) is 10.2 Å². The summed E-state index contributed by atoms with van der Waals surface area (Å²) in [5.74, 6) is 6.19. The maximum atomic E-state index is 12.1. The number of rotatable bonds is 13. The average Bonchev–Trinajstić information content (AvgIpc) is 4.18. The van der Waals surface area contributed by atoms with Gasteiger partial charge in [0.2, 0.25) is 0 Å². The molecule has 0 amide bonds. The fourth-order valence-electron chi connectivity index (χ4n) is 7.17. The number of hydrogen-bond acceptors (Lipinski definition) is 13. The normalized spacial score (nSPS) is 10.8. The van der Waals surface area contributed by atoms with Crippen molar-refractivity contribution < 1.29 is 31.2 Å². The van der Waals surface area contributed by atoms with E-state index in [0.29, 0.717) is 66.6 Å². The molecule has 0 atom stereocenters. The molecule has 15 nitrogen and oxygen atoms in total. The number of benzene rings is 5. The van der Waals surface area contributed by atoms with Crippen LogP contribution in [-0.4, -0.2) is 119 Å². The predicted molar refractivity (Wildman–Crippen MR) is 324 cm³/mol. The Balaban J connectivity index is 0.000000228. The van der Waals surface area contributed by atoms with Crippen molar-refractivity contribution in [3.8, 4) is 56.4 Å². The number of carbonyl (C=O) groups is 2. The molecule has 0 aliphatic carbocycles. The molecule has 416 valence electrons. The van der Waals surface area contributed by atoms with Gasteiger partial charge in [0, 0.05) is 64.8 Å². The smallest absolute Gasteiger partial charge is 0.358 e. The van der Waals surface area contributed by atoms with Gasteiger partial charge in [-0.1, -0.05) is 120 Å². The van der Waals surface area contributed by atoms with E-state index in [9.17, 15) is 26.4 Å². The second kappa shape index (κ2) is 30.5. The van der Waals surface area contributed by atoms with Crippen LogP contribution < -0.4 is 10.6 Å². The molecule has 0 saturated carbocycles. The van der Waals surface area contributed by atoms with Crippen LogP contribution in [0.2, 0.25) is 27.4 Å². The van der Waals surface area contributed by atoms with E-state index in [1.807, 2.05) is 74.8 Å². The van der Waals surface area contributed by atoms with Crippen LogP contribution in [0.5, 0.6) is 0 Å². The SMILES string of the molecule is CC(=O)c1cc(-c2ccccc2Cl)n(-c2ccc(-c3cccc(S(C)(=O)=O)c3)nc2)n1.CNCCNC.COC(=O)c1cc(-c2ccccc2Cl)n(-c2ccc(-c3cccc(S(C)(=O)=O)c3)nc2)n1.Cc1ccccc1.[CH3][Al]([CH3])[CH3]. The fourth-order valence-corrected chi connectivity index (χ4v) is 8.97. The number of ketones is 1. The predicted octanol–water partition coefficient (Wildman–Crippen LogP) is 12.1. The van der Waals surface area contributed by atoms with Gasteiger partial charge in [-0.05, 0) is 93.8 Å². The van der Waals surface area contributed by atoms with Crippen LogP contribution in [0.1, 0.15) is 33.5 Å². The first-order valence-electron chi connectivity index (χ1n) is 25.2. The monoisotopic (exact) mass is 1170 g/mol. The quantitative estimate of drug-likeness (QED) is 0.0479. The Morgan fingerprint density at radius 3 is 1.30 bits per heavy atom. The van der Waals surface area contributed by atoms with Gasteiger partial charge in [0.1, 0.15) is 5.69 Å². The summed E-state index contributed by atoms with van der Waals surface area (Å²) in [6.07, 6.45) is 5.55. The molecule has 9 rings (SSSR count). The summed E-state index contributed by atoms with van der Waals surface area (Å²) in [5.41, 5.74) is 8.29. The highest BCUT2D eigenvalue weighted by Gasteiger charge is 2.20. The van der Waals surface area contributed by atoms with Crippen molar-refractivity contribution in [1.82, 2.24) is 40.2 Å². The zero-order valence-electron chi connectivity index (χ0n) is 46.3. The minimum absolute atomic E-state index is 0.132. The van der Waals surface area contributed by atoms with Crippen LogP contribution in [0.15, 0.2) is 186 Å². The van der Waals surface area contributed by atoms with E-state index < -0.39 is 25.6 Å². The Kier molecular flexibility index (Phi) is 24.3. The third kappa shape index (κ3) is 18.8. The van der Waals surface area contributed by atoms with Crippen molar-refractivity contribution in [3.63, 3.8) is 0 Å². The van der Waals surface area contributed by atoms with Crippen LogP contribution in [0.3, 0.4) is 0 Å². The highest BCUT2D eigenvalue weighted by molar-refractivity contribution is 7.91. The second-order valence-corrected chi connectivity index (χ2v) is 27.0. The molecule has 0 bridgehead atoms. The molecule has 0 radical (unpaired) electrons. The van der Waals surface area contributed by atoms with Gasteiger partial charge < -0.3 is 15.4 Å². The lowest BCUT2D eigenvalue weighted by Gasteiger charge is -2.10. The number of nitrogens with one attached hydrogen (secondary N) is 2. The van der Waals surface area contributed by atoms with Crippen molar-refractivity contribution in [2.45, 2.75) is 41.0 Å². The molecule has 0 aliphatic heterocycles. The van der Waals surface area contributed by atoms with Crippen LogP contribution in [-0.2, 0) is 24.4 Å². The first-order valence-corrected chi connectivity index (χ1v) is 33.2. The van der Waals surface area contributed by atoms with Crippen LogP contribution in [0.4, 0.5) is 0 Å². The van der Waals surface area contributed by atoms with Crippen molar-refractivity contribution in [3.05, 3.63) is 203 Å². The summed E-state index contributed by atoms with van der Waals surface area (Å²) in [4.78, 5) is 33.4. The summed E-state index contributed by atoms with van der Waals surface area (Å²) >= 11 is 12.6. The minimum Gasteiger partial charge on any atom is -0.464 e. The molecule has 20 heteroatoms. The number of likely N-dealkylation sites (N-methyl/N-ethyl adjacent to an activating group) is 2. The molecule has 0 fully saturated rings. The number of carbonyl (C=O) groups excluding carboxylic acids is 2. The molecule has 9 aromatic rings. The number of aromatic nitrogens is 6. The minimum atomic E-state index is -3.33. The molecular weight excluding hydrogens is 1110 g/mol. The number of nitrogens with zero attached hydrogens (tertiary/aromatic N) is 6. The van der Waals surface area contributed by atoms with Gasteiger partial charge in [-0.15, -0.1) is 17.4 Å². The number of aryl methyl sites for hydroxylation is 1. The first-order chi connectivity index (χ1) is 38.1. The molecular formula is C60H65AlCl2N8O7S2. The molecule has 0 aliphatic rings. The summed E-state index contributed by atoms with van der Waals surface area (Å²) in [6, 6.07) is 48.5. The average molecular weight is 1170 g/mol. The van der Waals surface area contributed by atoms with Gasteiger partial charge in [0.25, 0.3) is 14.1 Å². The van der Waals surface area contributed by atoms with E-state index in [4.69, 9.17) is 27.9 Å². The Hall–Kier alpha value is -7.11. The van der Waals surface area contributed by atoms with Crippen LogP contribution in [0, 0.1) is 6.92 Å². The maximum absolute atomic E-state index is 12.1. The zero-order valence-corrected chi connectivity index (χ0v) is 50.6. The number of esters is 1. The van der Waals surface area contributed by atoms with Gasteiger partial charge >= 0.3 is 5.97 Å². The lowest BCUT2D eigenvalue weighted by molar-refractivity contribution is 0.0593. The molecule has 2 N–H and O–H groups in total. The number of Topliss-reactive ketones (excluding diaryl/α,β-unsaturated/α-hetero) is 1. The Bertz CT molecular complexity index is 3700. The molecule has 5 aromatic carbocycles. The molecule has 4 heterocycles. The van der Waals surface area contributed by atoms with E-state index in [1.54, 1.807) is 113 Å². The highest BCUT2D eigenvalue weighted by Crippen LogP contribution is 2.33. The van der Waals surface area contributed by atoms with Gasteiger partial charge in [0.05, 0.1) is 63.4 Å². The summed E-state index contributed by atoms with van der Waals surface area (Å²) < 4.78 is 55.4. The molecule has 0 spiro atoms. The molecule has 4 aromatic heterocycles. The largest absolute Gasteiger partial charge is 0.464 e. The van der Waals surface area contributed by atoms with E-state index in [1.165, 1.54) is 25.9 Å². The van der Waals surface area contributed by atoms with Crippen LogP contribution in [0.25, 0.3) is 56.4 Å². The standard InChI is InChI=1S/C23H18ClN3O4S.C23H18ClN3O3S.C7H8.C4H12N2.3CH3.Al/c1-31-23(28)21-13-22(18-8-3-4-9-19(18)24)27(26-21)16-10-11-20(25-14-16)15-6-5-7-17(12-15)32(2,29)30;1-15(28)22-13-23(19-8-3-4-9-20(19)24)27(26-22)17-10-11-21(25-14-17)16-6-5-7-18(12-16)31(2,29)30;1-7-5-3-2-4-6-7;1-5-3-4-6-2;;;;/h3-14H,1-2H3;3-14H,1-2H3;2-6H,1H3;5-6H,3-4H2,1-2H3;3*1H3;. The molecule has 0 saturated heterocycles. The zero-order chi connectivity index (χ0) is 58.6. The first kappa shape index (κ1) is 63.7. The number of sulfone groups is 2. The maximum Gasteiger partial charge on any atom is 0.358 e. The third-order valence-corrected chi connectivity index (χ3v) is 14.0. The van der Waals surface area contributed by atoms with Gasteiger partial charge in [0.15, 0.2) is 31.2 Å². The summed E-state index contributed by atoms with van der Waals surface area (Å²) in [7, 11) is -1.47. The lowest BCUT2D eigenvalue weighted by atomic mass is 10.1. The number of ether oxygens (including phenoxy) is 1. The van der Waals surface area contributed by atoms with Crippen molar-refractivity contribution >= 4 is 68.8 Å². The lowest BCUT2D eigenvalue weighted by Crippen LogP contribution is -2.21. The number of halogens is 2. The van der Waals surface area contributed by atoms with E-state index in [2.05, 4.69) is 67.2 Å². The molecule has 0 unspecified atom stereocenters. The van der Waals surface area contributed by atoms with E-state index in [0.717, 1.165) is 24.9 Å². The topological polar surface area (TPSA) is 197 Å². The van der Waals surface area contributed by atoms with Gasteiger partial charge in [-0.3, -0.25) is 14.8 Å². The summed E-state index contributed by atoms with van der Waals surface area (Å²) in [6.45, 7) is 5.65. The highest BCUT2D eigenvalue weighted by atomic mass is 35.5. The van der Waals surface area contributed by atoms with Crippen molar-refractivity contribution in [2.24, 2.45) is 0 Å². The Morgan fingerprint density at radius 1 is 0.562 bits per heavy atom. The fraction of sp³-hybridized carbons (Fsp3) is 0.200. The third-order valence-electron chi connectivity index (χ3n) is 11.1. The number of pyridine rings is 2. The number of hydrogen-bond donors (Lipinski definition) is 2. The van der Waals surface area contributed by atoms with E-state index in [-0.39, 0.29) is 35.4 Å². The Morgan fingerprint density at radius 2 is 0.963 bits per heavy atom. The summed E-state index contributed by atoms with van der Waals surface area (Å²) in [5, 5.41) is 15.9. The van der Waals surface area contributed by atoms with Crippen molar-refractivity contribution in [2.75, 3.05) is 46.8 Å². The second-order valence-electron chi connectivity index (χ2n) is 18.7. The molecule has 80 heavy (non-hydrogen) atoms. The number of methoxy groups -OCH3 is 1. The van der Waals surface area contributed by atoms with E-state index >= 15 is 0 Å². The van der Waals surface area contributed by atoms with Crippen LogP contribution >= 0.6 is 23.2 Å². The van der Waals surface area contributed by atoms with Crippen molar-refractivity contribution in [1.29, 1.82) is 0 Å².